The van der Waals surface area contributed by atoms with Crippen molar-refractivity contribution in [2.75, 3.05) is 5.32 Å². The molecule has 1 aromatic rings. The van der Waals surface area contributed by atoms with Crippen molar-refractivity contribution in [2.24, 2.45) is 11.8 Å². The Bertz CT molecular complexity index is 485. The molecule has 1 aromatic heterocycles. The van der Waals surface area contributed by atoms with Gasteiger partial charge in [0.2, 0.25) is 5.91 Å². The Labute approximate surface area is 109 Å². The molecule has 1 aliphatic rings. The zero-order valence-electron chi connectivity index (χ0n) is 10.3. The first-order valence-corrected chi connectivity index (χ1v) is 6.20. The number of carbonyl (C=O) groups is 2. The van der Waals surface area contributed by atoms with Gasteiger partial charge in [-0.1, -0.05) is 0 Å². The van der Waals surface area contributed by atoms with E-state index in [2.05, 4.69) is 10.3 Å². The molecule has 1 fully saturated rings. The molecule has 0 aliphatic heterocycles. The van der Waals surface area contributed by atoms with E-state index in [0.29, 0.717) is 31.4 Å². The molecule has 0 saturated heterocycles. The predicted octanol–water partition coefficient (Wildman–Crippen LogP) is 2.05. The number of carboxylic acid groups (broad SMARTS) is 1. The van der Waals surface area contributed by atoms with Gasteiger partial charge in [0, 0.05) is 12.0 Å². The molecule has 1 heterocycles. The number of hydrogen-bond donors (Lipinski definition) is 2. The van der Waals surface area contributed by atoms with Crippen molar-refractivity contribution >= 4 is 17.6 Å². The molecule has 6 heteroatoms. The highest BCUT2D eigenvalue weighted by Gasteiger charge is 2.29. The second-order valence-corrected chi connectivity index (χ2v) is 4.77. The van der Waals surface area contributed by atoms with Crippen molar-refractivity contribution in [1.82, 2.24) is 4.98 Å². The van der Waals surface area contributed by atoms with Crippen LogP contribution in [0.25, 0.3) is 0 Å². The van der Waals surface area contributed by atoms with Crippen LogP contribution in [0.2, 0.25) is 0 Å². The Morgan fingerprint density at radius 1 is 1.21 bits per heavy atom. The molecule has 1 aliphatic carbocycles. The molecule has 0 spiro atoms. The molecule has 102 valence electrons. The Balaban J connectivity index is 1.90. The van der Waals surface area contributed by atoms with Crippen molar-refractivity contribution in [1.29, 1.82) is 0 Å². The third-order valence-electron chi connectivity index (χ3n) is 3.42. The molecule has 1 amide bonds. The fourth-order valence-electron chi connectivity index (χ4n) is 2.33. The van der Waals surface area contributed by atoms with Crippen molar-refractivity contribution in [3.63, 3.8) is 0 Å². The van der Waals surface area contributed by atoms with Crippen molar-refractivity contribution in [3.8, 4) is 0 Å². The first-order valence-electron chi connectivity index (χ1n) is 6.20. The van der Waals surface area contributed by atoms with Gasteiger partial charge in [-0.05, 0) is 25.7 Å². The van der Waals surface area contributed by atoms with Crippen molar-refractivity contribution < 1.29 is 19.1 Å². The van der Waals surface area contributed by atoms with Gasteiger partial charge in [0.05, 0.1) is 24.0 Å². The maximum absolute atomic E-state index is 12.9. The van der Waals surface area contributed by atoms with E-state index in [-0.39, 0.29) is 17.7 Å². The number of hydrogen-bond acceptors (Lipinski definition) is 3. The Morgan fingerprint density at radius 3 is 2.42 bits per heavy atom. The summed E-state index contributed by atoms with van der Waals surface area (Å²) in [7, 11) is 0. The number of carboxylic acids is 1. The summed E-state index contributed by atoms with van der Waals surface area (Å²) in [6.45, 7) is 0. The molecule has 0 bridgehead atoms. The highest BCUT2D eigenvalue weighted by Crippen LogP contribution is 2.29. The van der Waals surface area contributed by atoms with Crippen LogP contribution in [-0.4, -0.2) is 22.0 Å². The van der Waals surface area contributed by atoms with Crippen LogP contribution in [0, 0.1) is 17.7 Å². The standard InChI is InChI=1S/C13H15FN2O3/c14-10-5-11(7-15-6-10)16-12(17)8-1-3-9(4-2-8)13(18)19/h5-9H,1-4H2,(H,16,17)(H,18,19). The molecule has 2 rings (SSSR count). The van der Waals surface area contributed by atoms with Gasteiger partial charge >= 0.3 is 5.97 Å². The molecule has 0 radical (unpaired) electrons. The molecule has 5 nitrogen and oxygen atoms in total. The van der Waals surface area contributed by atoms with E-state index >= 15 is 0 Å². The maximum Gasteiger partial charge on any atom is 0.306 e. The normalized spacial score (nSPS) is 22.8. The van der Waals surface area contributed by atoms with Gasteiger partial charge in [-0.25, -0.2) is 4.39 Å². The Kier molecular flexibility index (Phi) is 4.09. The first-order chi connectivity index (χ1) is 9.06. The molecule has 1 saturated carbocycles. The summed E-state index contributed by atoms with van der Waals surface area (Å²) < 4.78 is 12.9. The van der Waals surface area contributed by atoms with E-state index in [1.54, 1.807) is 0 Å². The van der Waals surface area contributed by atoms with Gasteiger partial charge in [-0.15, -0.1) is 0 Å². The van der Waals surface area contributed by atoms with E-state index in [1.165, 1.54) is 12.3 Å². The summed E-state index contributed by atoms with van der Waals surface area (Å²) in [6.07, 6.45) is 4.55. The number of carbonyl (C=O) groups excluding carboxylic acids is 1. The second-order valence-electron chi connectivity index (χ2n) is 4.77. The number of aromatic nitrogens is 1. The summed E-state index contributed by atoms with van der Waals surface area (Å²) in [5.41, 5.74) is 0.324. The number of rotatable bonds is 3. The van der Waals surface area contributed by atoms with Gasteiger partial charge in [-0.2, -0.15) is 0 Å². The lowest BCUT2D eigenvalue weighted by Gasteiger charge is -2.25. The predicted molar refractivity (Wildman–Crippen MR) is 65.9 cm³/mol. The van der Waals surface area contributed by atoms with E-state index in [4.69, 9.17) is 5.11 Å². The van der Waals surface area contributed by atoms with Crippen LogP contribution in [0.1, 0.15) is 25.7 Å². The van der Waals surface area contributed by atoms with Gasteiger partial charge in [0.25, 0.3) is 0 Å². The lowest BCUT2D eigenvalue weighted by molar-refractivity contribution is -0.143. The summed E-state index contributed by atoms with van der Waals surface area (Å²) in [4.78, 5) is 26.4. The number of halogens is 1. The first kappa shape index (κ1) is 13.5. The average Bonchev–Trinajstić information content (AvgIpc) is 2.39. The van der Waals surface area contributed by atoms with Gasteiger partial charge in [0.15, 0.2) is 0 Å². The van der Waals surface area contributed by atoms with Crippen LogP contribution >= 0.6 is 0 Å². The molecule has 0 aromatic carbocycles. The molecular weight excluding hydrogens is 251 g/mol. The van der Waals surface area contributed by atoms with E-state index in [9.17, 15) is 14.0 Å². The summed E-state index contributed by atoms with van der Waals surface area (Å²) in [6, 6.07) is 1.20. The molecule has 0 atom stereocenters. The van der Waals surface area contributed by atoms with Gasteiger partial charge in [0.1, 0.15) is 5.82 Å². The fourth-order valence-corrected chi connectivity index (χ4v) is 2.33. The monoisotopic (exact) mass is 266 g/mol. The number of pyridine rings is 1. The average molecular weight is 266 g/mol. The SMILES string of the molecule is O=C(O)C1CCC(C(=O)Nc2cncc(F)c2)CC1. The smallest absolute Gasteiger partial charge is 0.306 e. The van der Waals surface area contributed by atoms with Crippen LogP contribution in [0.3, 0.4) is 0 Å². The highest BCUT2D eigenvalue weighted by atomic mass is 19.1. The molecule has 0 unspecified atom stereocenters. The summed E-state index contributed by atoms with van der Waals surface area (Å²) >= 11 is 0. The summed E-state index contributed by atoms with van der Waals surface area (Å²) in [5, 5.41) is 11.5. The van der Waals surface area contributed by atoms with Crippen molar-refractivity contribution in [2.45, 2.75) is 25.7 Å². The minimum absolute atomic E-state index is 0.198. The quantitative estimate of drug-likeness (QED) is 0.877. The van der Waals surface area contributed by atoms with Crippen LogP contribution in [-0.2, 0) is 9.59 Å². The van der Waals surface area contributed by atoms with Crippen molar-refractivity contribution in [3.05, 3.63) is 24.3 Å². The van der Waals surface area contributed by atoms with E-state index in [0.717, 1.165) is 6.20 Å². The lowest BCUT2D eigenvalue weighted by atomic mass is 9.81. The van der Waals surface area contributed by atoms with E-state index < -0.39 is 11.8 Å². The van der Waals surface area contributed by atoms with Crippen LogP contribution in [0.4, 0.5) is 10.1 Å². The number of aliphatic carboxylic acids is 1. The number of nitrogens with zero attached hydrogens (tertiary/aromatic N) is 1. The van der Waals surface area contributed by atoms with Gasteiger partial charge < -0.3 is 10.4 Å². The van der Waals surface area contributed by atoms with Gasteiger partial charge in [-0.3, -0.25) is 14.6 Å². The Morgan fingerprint density at radius 2 is 1.84 bits per heavy atom. The number of anilines is 1. The zero-order chi connectivity index (χ0) is 13.8. The minimum atomic E-state index is -0.798. The summed E-state index contributed by atoms with van der Waals surface area (Å²) in [5.74, 6) is -2.06. The second kappa shape index (κ2) is 5.77. The zero-order valence-corrected chi connectivity index (χ0v) is 10.3. The highest BCUT2D eigenvalue weighted by molar-refractivity contribution is 5.92. The molecule has 19 heavy (non-hydrogen) atoms. The molecular formula is C13H15FN2O3. The topological polar surface area (TPSA) is 79.3 Å². The fraction of sp³-hybridized carbons (Fsp3) is 0.462. The minimum Gasteiger partial charge on any atom is -0.481 e. The maximum atomic E-state index is 12.9. The lowest BCUT2D eigenvalue weighted by Crippen LogP contribution is -2.29. The number of nitrogens with one attached hydrogen (secondary N) is 1. The van der Waals surface area contributed by atoms with Crippen LogP contribution in [0.5, 0.6) is 0 Å². The third-order valence-corrected chi connectivity index (χ3v) is 3.42. The largest absolute Gasteiger partial charge is 0.481 e. The van der Waals surface area contributed by atoms with E-state index in [1.807, 2.05) is 0 Å². The number of amides is 1. The van der Waals surface area contributed by atoms with Crippen LogP contribution in [0.15, 0.2) is 18.5 Å². The molecule has 2 N–H and O–H groups in total. The van der Waals surface area contributed by atoms with Crippen LogP contribution < -0.4 is 5.32 Å². The Hall–Kier alpha value is -1.98. The third kappa shape index (κ3) is 3.49.